The van der Waals surface area contributed by atoms with Gasteiger partial charge in [-0.3, -0.25) is 4.79 Å². The monoisotopic (exact) mass is 409 g/mol. The average Bonchev–Trinajstić information content (AvgIpc) is 2.92. The second kappa shape index (κ2) is 6.59. The predicted molar refractivity (Wildman–Crippen MR) is 101 cm³/mol. The topological polar surface area (TPSA) is 131 Å². The number of aryl methyl sites for hydroxylation is 2. The smallest absolute Gasteiger partial charge is 0.293 e. The Kier molecular flexibility index (Phi) is 4.66. The van der Waals surface area contributed by atoms with Gasteiger partial charge >= 0.3 is 0 Å². The molecular formula is C17H20FN5O4S. The van der Waals surface area contributed by atoms with Gasteiger partial charge in [0.15, 0.2) is 5.89 Å². The Hall–Kier alpha value is -2.95. The molecule has 2 aromatic rings. The van der Waals surface area contributed by atoms with E-state index in [1.807, 2.05) is 0 Å². The molecule has 0 spiro atoms. The summed E-state index contributed by atoms with van der Waals surface area (Å²) in [7, 11) is -2.48. The maximum atomic E-state index is 14.5. The summed E-state index contributed by atoms with van der Waals surface area (Å²) in [5.41, 5.74) is 4.94. The molecule has 1 amide bonds. The molecule has 9 nitrogen and oxygen atoms in total. The summed E-state index contributed by atoms with van der Waals surface area (Å²) in [5.74, 6) is -1.54. The van der Waals surface area contributed by atoms with Crippen molar-refractivity contribution in [2.24, 2.45) is 10.7 Å². The van der Waals surface area contributed by atoms with Crippen LogP contribution in [-0.4, -0.2) is 42.4 Å². The molecule has 0 saturated heterocycles. The van der Waals surface area contributed by atoms with Gasteiger partial charge in [0.2, 0.25) is 21.7 Å². The third-order valence-corrected chi connectivity index (χ3v) is 6.43. The van der Waals surface area contributed by atoms with E-state index >= 15 is 0 Å². The Morgan fingerprint density at radius 1 is 1.39 bits per heavy atom. The molecule has 3 rings (SSSR count). The van der Waals surface area contributed by atoms with Crippen LogP contribution in [0.4, 0.5) is 10.1 Å². The summed E-state index contributed by atoms with van der Waals surface area (Å²) in [6.45, 7) is 4.71. The summed E-state index contributed by atoms with van der Waals surface area (Å²) in [6, 6.07) is 3.82. The third kappa shape index (κ3) is 3.44. The number of carbonyl (C=O) groups is 1. The zero-order valence-corrected chi connectivity index (χ0v) is 16.6. The summed E-state index contributed by atoms with van der Waals surface area (Å²) in [4.78, 5) is 20.6. The van der Waals surface area contributed by atoms with Gasteiger partial charge < -0.3 is 15.5 Å². The van der Waals surface area contributed by atoms with Crippen molar-refractivity contribution in [1.29, 1.82) is 0 Å². The average molecular weight is 409 g/mol. The number of nitrogens with one attached hydrogen (secondary N) is 1. The van der Waals surface area contributed by atoms with Gasteiger partial charge in [-0.2, -0.15) is 0 Å². The van der Waals surface area contributed by atoms with Crippen molar-refractivity contribution in [3.63, 3.8) is 0 Å². The molecule has 1 aromatic heterocycles. The fraction of sp³-hybridized carbons (Fsp3) is 0.353. The normalized spacial score (nSPS) is 21.3. The number of hydrogen-bond acceptors (Lipinski definition) is 7. The minimum absolute atomic E-state index is 0.00426. The van der Waals surface area contributed by atoms with Crippen LogP contribution >= 0.6 is 0 Å². The molecule has 0 bridgehead atoms. The number of halogens is 1. The number of oxazole rings is 1. The fourth-order valence-electron chi connectivity index (χ4n) is 3.03. The van der Waals surface area contributed by atoms with Crippen molar-refractivity contribution in [2.75, 3.05) is 18.1 Å². The molecule has 11 heteroatoms. The highest BCUT2D eigenvalue weighted by atomic mass is 32.2. The van der Waals surface area contributed by atoms with E-state index in [1.54, 1.807) is 13.8 Å². The third-order valence-electron chi connectivity index (χ3n) is 4.48. The Morgan fingerprint density at radius 2 is 2.07 bits per heavy atom. The molecule has 0 aliphatic carbocycles. The molecule has 150 valence electrons. The Labute approximate surface area is 161 Å². The van der Waals surface area contributed by atoms with Gasteiger partial charge in [0.05, 0.1) is 11.4 Å². The Balaban J connectivity index is 1.98. The standard InChI is InChI=1S/C17H20FN5O4S/c1-9-14(27-10(2)20-9)15(24)21-11-5-6-13(18)12(7-11)17(3)8-28(25,26)23(4)16(19)22-17/h5-7H,8H2,1-4H3,(H2,19,22)(H,21,24)/t17-/m0/s1. The first kappa shape index (κ1) is 19.8. The number of amides is 1. The maximum Gasteiger partial charge on any atom is 0.293 e. The number of hydrogen-bond donors (Lipinski definition) is 2. The van der Waals surface area contributed by atoms with Crippen molar-refractivity contribution in [2.45, 2.75) is 26.3 Å². The molecule has 0 radical (unpaired) electrons. The molecule has 1 atom stereocenters. The highest BCUT2D eigenvalue weighted by Gasteiger charge is 2.41. The number of benzene rings is 1. The number of nitrogens with zero attached hydrogens (tertiary/aromatic N) is 3. The molecule has 0 fully saturated rings. The molecule has 1 aliphatic rings. The molecule has 1 aromatic carbocycles. The van der Waals surface area contributed by atoms with E-state index < -0.39 is 33.0 Å². The molecule has 0 unspecified atom stereocenters. The first-order valence-electron chi connectivity index (χ1n) is 8.30. The van der Waals surface area contributed by atoms with Crippen LogP contribution in [0.15, 0.2) is 27.6 Å². The molecule has 2 heterocycles. The van der Waals surface area contributed by atoms with Gasteiger partial charge in [0.1, 0.15) is 11.4 Å². The van der Waals surface area contributed by atoms with Gasteiger partial charge in [-0.25, -0.2) is 27.1 Å². The Bertz CT molecular complexity index is 1090. The highest BCUT2D eigenvalue weighted by molar-refractivity contribution is 7.89. The van der Waals surface area contributed by atoms with Crippen LogP contribution in [0, 0.1) is 19.7 Å². The Morgan fingerprint density at radius 3 is 2.64 bits per heavy atom. The van der Waals surface area contributed by atoms with Crippen LogP contribution in [0.3, 0.4) is 0 Å². The second-order valence-corrected chi connectivity index (χ2v) is 8.76. The van der Waals surface area contributed by atoms with E-state index in [1.165, 1.54) is 26.1 Å². The lowest BCUT2D eigenvalue weighted by molar-refractivity contribution is 0.0994. The summed E-state index contributed by atoms with van der Waals surface area (Å²) in [5, 5.41) is 2.60. The minimum atomic E-state index is -3.76. The van der Waals surface area contributed by atoms with Gasteiger partial charge in [-0.1, -0.05) is 0 Å². The molecular weight excluding hydrogens is 389 g/mol. The van der Waals surface area contributed by atoms with Crippen LogP contribution in [-0.2, 0) is 15.6 Å². The number of sulfonamides is 1. The van der Waals surface area contributed by atoms with Gasteiger partial charge in [0.25, 0.3) is 5.91 Å². The van der Waals surface area contributed by atoms with Crippen LogP contribution in [0.1, 0.15) is 34.6 Å². The fourth-order valence-corrected chi connectivity index (χ4v) is 4.48. The quantitative estimate of drug-likeness (QED) is 0.790. The number of carbonyl (C=O) groups excluding carboxylic acids is 1. The van der Waals surface area contributed by atoms with E-state index in [0.717, 1.165) is 10.4 Å². The van der Waals surface area contributed by atoms with Crippen molar-refractivity contribution in [3.8, 4) is 0 Å². The van der Waals surface area contributed by atoms with E-state index in [9.17, 15) is 17.6 Å². The summed E-state index contributed by atoms with van der Waals surface area (Å²) >= 11 is 0. The highest BCUT2D eigenvalue weighted by Crippen LogP contribution is 2.34. The zero-order chi connectivity index (χ0) is 20.9. The first-order chi connectivity index (χ1) is 12.9. The molecule has 0 saturated carbocycles. The van der Waals surface area contributed by atoms with Crippen LogP contribution < -0.4 is 11.1 Å². The SMILES string of the molecule is Cc1nc(C)c(C(=O)Nc2ccc(F)c([C@]3(C)CS(=O)(=O)N(C)C(N)=N3)c2)o1. The second-order valence-electron chi connectivity index (χ2n) is 6.76. The number of aliphatic imine (C=N–C) groups is 1. The van der Waals surface area contributed by atoms with Crippen molar-refractivity contribution >= 4 is 27.6 Å². The van der Waals surface area contributed by atoms with Crippen molar-refractivity contribution in [1.82, 2.24) is 9.29 Å². The van der Waals surface area contributed by atoms with E-state index in [4.69, 9.17) is 10.2 Å². The van der Waals surface area contributed by atoms with Crippen molar-refractivity contribution < 1.29 is 22.0 Å². The summed E-state index contributed by atoms with van der Waals surface area (Å²) < 4.78 is 45.3. The predicted octanol–water partition coefficient (Wildman–Crippen LogP) is 1.49. The number of anilines is 1. The minimum Gasteiger partial charge on any atom is -0.436 e. The largest absolute Gasteiger partial charge is 0.436 e. The maximum absolute atomic E-state index is 14.5. The molecule has 3 N–H and O–H groups in total. The molecule has 28 heavy (non-hydrogen) atoms. The number of rotatable bonds is 3. The molecule has 1 aliphatic heterocycles. The van der Waals surface area contributed by atoms with Gasteiger partial charge in [0, 0.05) is 25.2 Å². The van der Waals surface area contributed by atoms with Gasteiger partial charge in [-0.15, -0.1) is 0 Å². The first-order valence-corrected chi connectivity index (χ1v) is 9.91. The van der Waals surface area contributed by atoms with Crippen LogP contribution in [0.2, 0.25) is 0 Å². The lowest BCUT2D eigenvalue weighted by atomic mass is 9.93. The van der Waals surface area contributed by atoms with E-state index in [2.05, 4.69) is 15.3 Å². The number of nitrogens with two attached hydrogens (primary N) is 1. The summed E-state index contributed by atoms with van der Waals surface area (Å²) in [6.07, 6.45) is 0. The van der Waals surface area contributed by atoms with E-state index in [-0.39, 0.29) is 23.0 Å². The van der Waals surface area contributed by atoms with Crippen molar-refractivity contribution in [3.05, 3.63) is 46.9 Å². The number of aromatic nitrogens is 1. The lowest BCUT2D eigenvalue weighted by Gasteiger charge is -2.34. The lowest BCUT2D eigenvalue weighted by Crippen LogP contribution is -2.50. The van der Waals surface area contributed by atoms with Gasteiger partial charge in [-0.05, 0) is 32.0 Å². The van der Waals surface area contributed by atoms with Crippen LogP contribution in [0.25, 0.3) is 0 Å². The zero-order valence-electron chi connectivity index (χ0n) is 15.8. The van der Waals surface area contributed by atoms with Crippen LogP contribution in [0.5, 0.6) is 0 Å². The van der Waals surface area contributed by atoms with E-state index in [0.29, 0.717) is 11.6 Å². The number of guanidine groups is 1.